The number of benzene rings is 1. The summed E-state index contributed by atoms with van der Waals surface area (Å²) in [6, 6.07) is 1.71. The fraction of sp³-hybridized carbons (Fsp3) is 0. The molecule has 0 atom stereocenters. The van der Waals surface area contributed by atoms with Crippen molar-refractivity contribution in [3.8, 4) is 11.5 Å². The number of phenolic OH excluding ortho intramolecular Hbond substituents is 2. The molecule has 1 heterocycles. The van der Waals surface area contributed by atoms with Gasteiger partial charge in [0.25, 0.3) is 0 Å². The SMILES string of the molecule is O=C(c1cc(O)c(O)c([N+](=O)[O-])c1)c1c(Cl)cncc1Cl. The van der Waals surface area contributed by atoms with Gasteiger partial charge in [-0.1, -0.05) is 23.2 Å². The number of nitro groups is 1. The van der Waals surface area contributed by atoms with Crippen molar-refractivity contribution in [3.05, 3.63) is 55.8 Å². The van der Waals surface area contributed by atoms with Gasteiger partial charge in [0.2, 0.25) is 5.75 Å². The second kappa shape index (κ2) is 5.55. The zero-order valence-corrected chi connectivity index (χ0v) is 11.6. The highest BCUT2D eigenvalue weighted by atomic mass is 35.5. The summed E-state index contributed by atoms with van der Waals surface area (Å²) in [5.41, 5.74) is -1.15. The zero-order valence-electron chi connectivity index (χ0n) is 10.1. The number of rotatable bonds is 3. The Balaban J connectivity index is 2.62. The van der Waals surface area contributed by atoms with E-state index < -0.39 is 27.9 Å². The highest BCUT2D eigenvalue weighted by Gasteiger charge is 2.24. The van der Waals surface area contributed by atoms with Crippen LogP contribution in [-0.2, 0) is 0 Å². The van der Waals surface area contributed by atoms with Crippen LogP contribution in [0.4, 0.5) is 5.69 Å². The minimum absolute atomic E-state index is 0.0392. The molecule has 2 N–H and O–H groups in total. The number of carbonyl (C=O) groups is 1. The van der Waals surface area contributed by atoms with Crippen molar-refractivity contribution >= 4 is 34.7 Å². The number of ketones is 1. The molecule has 9 heteroatoms. The van der Waals surface area contributed by atoms with E-state index in [1.165, 1.54) is 12.4 Å². The molecule has 0 spiro atoms. The second-order valence-electron chi connectivity index (χ2n) is 3.93. The number of halogens is 2. The van der Waals surface area contributed by atoms with Crippen molar-refractivity contribution in [2.24, 2.45) is 0 Å². The predicted molar refractivity (Wildman–Crippen MR) is 74.1 cm³/mol. The molecular formula is C12H6Cl2N2O5. The third-order valence-electron chi connectivity index (χ3n) is 2.61. The fourth-order valence-electron chi connectivity index (χ4n) is 1.65. The van der Waals surface area contributed by atoms with Crippen molar-refractivity contribution < 1.29 is 19.9 Å². The first-order valence-corrected chi connectivity index (χ1v) is 6.12. The summed E-state index contributed by atoms with van der Waals surface area (Å²) in [7, 11) is 0. The number of aromatic hydroxyl groups is 2. The average molecular weight is 329 g/mol. The van der Waals surface area contributed by atoms with Gasteiger partial charge < -0.3 is 10.2 Å². The lowest BCUT2D eigenvalue weighted by Gasteiger charge is -2.07. The van der Waals surface area contributed by atoms with Crippen molar-refractivity contribution in [2.45, 2.75) is 0 Å². The summed E-state index contributed by atoms with van der Waals surface area (Å²) in [5.74, 6) is -2.47. The summed E-state index contributed by atoms with van der Waals surface area (Å²) in [6.45, 7) is 0. The summed E-state index contributed by atoms with van der Waals surface area (Å²) < 4.78 is 0. The van der Waals surface area contributed by atoms with Crippen LogP contribution in [-0.4, -0.2) is 25.9 Å². The Kier molecular flexibility index (Phi) is 3.97. The van der Waals surface area contributed by atoms with Gasteiger partial charge in [-0.15, -0.1) is 0 Å². The normalized spacial score (nSPS) is 10.4. The Morgan fingerprint density at radius 1 is 1.19 bits per heavy atom. The molecule has 0 saturated heterocycles. The Morgan fingerprint density at radius 2 is 1.76 bits per heavy atom. The van der Waals surface area contributed by atoms with Crippen LogP contribution in [0.15, 0.2) is 24.5 Å². The maximum Gasteiger partial charge on any atom is 0.315 e. The molecule has 0 bridgehead atoms. The first-order valence-electron chi connectivity index (χ1n) is 5.37. The van der Waals surface area contributed by atoms with E-state index in [-0.39, 0.29) is 21.2 Å². The summed E-state index contributed by atoms with van der Waals surface area (Å²) in [6.07, 6.45) is 2.38. The Bertz CT molecular complexity index is 743. The van der Waals surface area contributed by atoms with Crippen LogP contribution in [0.3, 0.4) is 0 Å². The molecule has 0 amide bonds. The smallest absolute Gasteiger partial charge is 0.315 e. The molecule has 0 aliphatic rings. The third-order valence-corrected chi connectivity index (χ3v) is 3.18. The van der Waals surface area contributed by atoms with Gasteiger partial charge in [-0.3, -0.25) is 19.9 Å². The topological polar surface area (TPSA) is 114 Å². The van der Waals surface area contributed by atoms with Gasteiger partial charge in [-0.25, -0.2) is 0 Å². The monoisotopic (exact) mass is 328 g/mol. The van der Waals surface area contributed by atoms with E-state index in [0.717, 1.165) is 12.1 Å². The maximum absolute atomic E-state index is 12.3. The molecule has 0 unspecified atom stereocenters. The molecule has 1 aromatic carbocycles. The molecule has 108 valence electrons. The van der Waals surface area contributed by atoms with Crippen LogP contribution in [0.5, 0.6) is 11.5 Å². The second-order valence-corrected chi connectivity index (χ2v) is 4.74. The van der Waals surface area contributed by atoms with E-state index in [9.17, 15) is 25.1 Å². The minimum Gasteiger partial charge on any atom is -0.504 e. The van der Waals surface area contributed by atoms with Crippen LogP contribution in [0.1, 0.15) is 15.9 Å². The number of carbonyl (C=O) groups excluding carboxylic acids is 1. The van der Waals surface area contributed by atoms with Crippen LogP contribution in [0.2, 0.25) is 10.0 Å². The maximum atomic E-state index is 12.3. The molecule has 0 aliphatic heterocycles. The van der Waals surface area contributed by atoms with Crippen molar-refractivity contribution in [2.75, 3.05) is 0 Å². The largest absolute Gasteiger partial charge is 0.504 e. The molecule has 0 radical (unpaired) electrons. The minimum atomic E-state index is -0.929. The third kappa shape index (κ3) is 2.74. The molecule has 2 rings (SSSR count). The van der Waals surface area contributed by atoms with Crippen LogP contribution >= 0.6 is 23.2 Å². The molecule has 2 aromatic rings. The van der Waals surface area contributed by atoms with Crippen LogP contribution < -0.4 is 0 Å². The number of hydrogen-bond donors (Lipinski definition) is 2. The number of nitrogens with zero attached hydrogens (tertiary/aromatic N) is 2. The Labute approximate surface area is 127 Å². The molecule has 0 saturated carbocycles. The number of pyridine rings is 1. The predicted octanol–water partition coefficient (Wildman–Crippen LogP) is 2.94. The van der Waals surface area contributed by atoms with E-state index in [2.05, 4.69) is 4.98 Å². The fourth-order valence-corrected chi connectivity index (χ4v) is 2.18. The van der Waals surface area contributed by atoms with Crippen molar-refractivity contribution in [1.82, 2.24) is 4.98 Å². The number of hydrogen-bond acceptors (Lipinski definition) is 6. The van der Waals surface area contributed by atoms with Gasteiger partial charge in [0.1, 0.15) is 0 Å². The first kappa shape index (κ1) is 15.0. The van der Waals surface area contributed by atoms with E-state index >= 15 is 0 Å². The molecule has 21 heavy (non-hydrogen) atoms. The van der Waals surface area contributed by atoms with E-state index in [1.807, 2.05) is 0 Å². The van der Waals surface area contributed by atoms with Crippen LogP contribution in [0, 0.1) is 10.1 Å². The van der Waals surface area contributed by atoms with Gasteiger partial charge in [-0.05, 0) is 6.07 Å². The zero-order chi connectivity index (χ0) is 15.7. The quantitative estimate of drug-likeness (QED) is 0.387. The Hall–Kier alpha value is -2.38. The summed E-state index contributed by atoms with van der Waals surface area (Å²) in [4.78, 5) is 25.8. The van der Waals surface area contributed by atoms with Gasteiger partial charge in [0.15, 0.2) is 11.5 Å². The van der Waals surface area contributed by atoms with Gasteiger partial charge in [0.05, 0.1) is 20.5 Å². The van der Waals surface area contributed by atoms with Gasteiger partial charge in [0, 0.05) is 24.0 Å². The lowest BCUT2D eigenvalue weighted by atomic mass is 10.0. The first-order chi connectivity index (χ1) is 9.82. The van der Waals surface area contributed by atoms with Crippen LogP contribution in [0.25, 0.3) is 0 Å². The standard InChI is InChI=1S/C12H6Cl2N2O5/c13-6-3-15-4-7(14)10(6)11(18)5-1-8(16(20)21)12(19)9(17)2-5/h1-4,17,19H. The van der Waals surface area contributed by atoms with Crippen molar-refractivity contribution in [3.63, 3.8) is 0 Å². The summed E-state index contributed by atoms with van der Waals surface area (Å²) >= 11 is 11.7. The number of phenols is 2. The van der Waals surface area contributed by atoms with E-state index in [1.54, 1.807) is 0 Å². The highest BCUT2D eigenvalue weighted by Crippen LogP contribution is 2.37. The molecule has 0 fully saturated rings. The Morgan fingerprint density at radius 3 is 2.29 bits per heavy atom. The van der Waals surface area contributed by atoms with E-state index in [4.69, 9.17) is 23.2 Å². The highest BCUT2D eigenvalue weighted by molar-refractivity contribution is 6.40. The molecular weight excluding hydrogens is 323 g/mol. The van der Waals surface area contributed by atoms with E-state index in [0.29, 0.717) is 0 Å². The molecule has 1 aromatic heterocycles. The summed E-state index contributed by atoms with van der Waals surface area (Å²) in [5, 5.41) is 29.6. The van der Waals surface area contributed by atoms with Gasteiger partial charge in [-0.2, -0.15) is 0 Å². The lowest BCUT2D eigenvalue weighted by Crippen LogP contribution is -2.05. The lowest BCUT2D eigenvalue weighted by molar-refractivity contribution is -0.386. The number of nitro benzene ring substituents is 1. The molecule has 7 nitrogen and oxygen atoms in total. The van der Waals surface area contributed by atoms with Gasteiger partial charge >= 0.3 is 5.69 Å². The van der Waals surface area contributed by atoms with Crippen molar-refractivity contribution in [1.29, 1.82) is 0 Å². The number of aromatic nitrogens is 1. The molecule has 0 aliphatic carbocycles. The average Bonchev–Trinajstić information content (AvgIpc) is 2.40.